The highest BCUT2D eigenvalue weighted by atomic mass is 32.2. The van der Waals surface area contributed by atoms with Crippen molar-refractivity contribution in [2.75, 3.05) is 24.6 Å². The van der Waals surface area contributed by atoms with Gasteiger partial charge in [-0.05, 0) is 67.1 Å². The number of sulfonamides is 1. The van der Waals surface area contributed by atoms with Crippen LogP contribution in [0.5, 0.6) is 5.75 Å². The summed E-state index contributed by atoms with van der Waals surface area (Å²) < 4.78 is 35.0. The lowest BCUT2D eigenvalue weighted by molar-refractivity contribution is 0.0985. The summed E-state index contributed by atoms with van der Waals surface area (Å²) in [4.78, 5) is 20.5. The maximum absolute atomic E-state index is 13.9. The lowest BCUT2D eigenvalue weighted by atomic mass is 9.94. The number of piperidine rings is 1. The topological polar surface area (TPSA) is 79.8 Å². The van der Waals surface area contributed by atoms with Crippen molar-refractivity contribution in [1.82, 2.24) is 9.29 Å². The average molecular weight is 564 g/mol. The molecule has 1 aliphatic rings. The van der Waals surface area contributed by atoms with Gasteiger partial charge in [0.05, 0.1) is 22.7 Å². The van der Waals surface area contributed by atoms with E-state index in [0.29, 0.717) is 54.5 Å². The zero-order chi connectivity index (χ0) is 27.6. The highest BCUT2D eigenvalue weighted by Gasteiger charge is 2.32. The molecular formula is C30H33N3O4S2. The molecule has 39 heavy (non-hydrogen) atoms. The molecular weight excluding hydrogens is 530 g/mol. The molecule has 0 aliphatic carbocycles. The Bertz CT molecular complexity index is 1540. The molecule has 2 heterocycles. The Balaban J connectivity index is 1.47. The lowest BCUT2D eigenvalue weighted by Crippen LogP contribution is -2.42. The largest absolute Gasteiger partial charge is 0.492 e. The third-order valence-electron chi connectivity index (χ3n) is 6.90. The van der Waals surface area contributed by atoms with Crippen molar-refractivity contribution < 1.29 is 17.9 Å². The van der Waals surface area contributed by atoms with E-state index < -0.39 is 10.0 Å². The van der Waals surface area contributed by atoms with Crippen molar-refractivity contribution >= 4 is 42.6 Å². The summed E-state index contributed by atoms with van der Waals surface area (Å²) in [7, 11) is -3.63. The van der Waals surface area contributed by atoms with Gasteiger partial charge in [-0.25, -0.2) is 13.4 Å². The van der Waals surface area contributed by atoms with Crippen LogP contribution < -0.4 is 9.64 Å². The Labute approximate surface area is 234 Å². The van der Waals surface area contributed by atoms with Crippen LogP contribution >= 0.6 is 11.3 Å². The third kappa shape index (κ3) is 5.85. The Hall–Kier alpha value is -3.27. The maximum atomic E-state index is 13.9. The number of hydrogen-bond acceptors (Lipinski definition) is 6. The average Bonchev–Trinajstić information content (AvgIpc) is 3.37. The number of amides is 1. The van der Waals surface area contributed by atoms with Gasteiger partial charge in [0.25, 0.3) is 5.91 Å². The smallest absolute Gasteiger partial charge is 0.260 e. The van der Waals surface area contributed by atoms with Gasteiger partial charge in [0.2, 0.25) is 10.0 Å². The molecule has 1 amide bonds. The van der Waals surface area contributed by atoms with Crippen LogP contribution in [0.25, 0.3) is 10.2 Å². The van der Waals surface area contributed by atoms with Crippen molar-refractivity contribution in [2.45, 2.75) is 38.6 Å². The van der Waals surface area contributed by atoms with E-state index in [1.807, 2.05) is 55.5 Å². The maximum Gasteiger partial charge on any atom is 0.260 e. The molecule has 0 radical (unpaired) electrons. The summed E-state index contributed by atoms with van der Waals surface area (Å²) in [5, 5.41) is 0.555. The zero-order valence-electron chi connectivity index (χ0n) is 22.4. The SMILES string of the molecule is CCOc1cccc2sc(N(Cc3ccccc3)C(=O)c3ccc(S(=O)(=O)N4CC(C)CC(C)C4)cc3)nc12. The van der Waals surface area contributed by atoms with Crippen LogP contribution in [0.4, 0.5) is 5.13 Å². The van der Waals surface area contributed by atoms with Gasteiger partial charge in [0.1, 0.15) is 11.3 Å². The number of fused-ring (bicyclic) bond motifs is 1. The molecule has 0 bridgehead atoms. The highest BCUT2D eigenvalue weighted by Crippen LogP contribution is 2.35. The number of anilines is 1. The van der Waals surface area contributed by atoms with Gasteiger partial charge in [-0.15, -0.1) is 0 Å². The lowest BCUT2D eigenvalue weighted by Gasteiger charge is -2.34. The van der Waals surface area contributed by atoms with Crippen LogP contribution in [0, 0.1) is 11.8 Å². The molecule has 1 aromatic heterocycles. The normalized spacial score (nSPS) is 18.2. The number of ether oxygens (including phenoxy) is 1. The first-order valence-corrected chi connectivity index (χ1v) is 15.5. The number of aromatic nitrogens is 1. The van der Waals surface area contributed by atoms with Gasteiger partial charge in [-0.2, -0.15) is 4.31 Å². The van der Waals surface area contributed by atoms with Crippen molar-refractivity contribution in [3.63, 3.8) is 0 Å². The first-order valence-electron chi connectivity index (χ1n) is 13.2. The Morgan fingerprint density at radius 2 is 1.69 bits per heavy atom. The Kier molecular flexibility index (Phi) is 8.02. The van der Waals surface area contributed by atoms with Crippen molar-refractivity contribution in [3.8, 4) is 5.75 Å². The molecule has 2 unspecified atom stereocenters. The molecule has 4 aromatic rings. The molecule has 1 fully saturated rings. The van der Waals surface area contributed by atoms with Gasteiger partial charge < -0.3 is 4.74 Å². The number of carbonyl (C=O) groups is 1. The van der Waals surface area contributed by atoms with Crippen LogP contribution in [0.1, 0.15) is 43.1 Å². The Morgan fingerprint density at radius 1 is 1.00 bits per heavy atom. The minimum absolute atomic E-state index is 0.205. The third-order valence-corrected chi connectivity index (χ3v) is 9.79. The fraction of sp³-hybridized carbons (Fsp3) is 0.333. The van der Waals surface area contributed by atoms with Gasteiger partial charge >= 0.3 is 0 Å². The zero-order valence-corrected chi connectivity index (χ0v) is 24.0. The monoisotopic (exact) mass is 563 g/mol. The molecule has 1 aliphatic heterocycles. The number of nitrogens with zero attached hydrogens (tertiary/aromatic N) is 3. The van der Waals surface area contributed by atoms with Crippen molar-refractivity contribution in [2.24, 2.45) is 11.8 Å². The van der Waals surface area contributed by atoms with Crippen LogP contribution in [0.3, 0.4) is 0 Å². The summed E-state index contributed by atoms with van der Waals surface area (Å²) in [6.45, 7) is 7.96. The van der Waals surface area contributed by atoms with E-state index in [1.54, 1.807) is 33.5 Å². The van der Waals surface area contributed by atoms with Gasteiger partial charge in [0, 0.05) is 18.7 Å². The predicted octanol–water partition coefficient (Wildman–Crippen LogP) is 6.21. The second kappa shape index (κ2) is 11.5. The molecule has 1 saturated heterocycles. The standard InChI is InChI=1S/C30H33N3O4S2/c1-4-37-26-11-8-12-27-28(26)31-30(38-27)33(20-23-9-6-5-7-10-23)29(34)24-13-15-25(16-14-24)39(35,36)32-18-21(2)17-22(3)19-32/h5-16,21-22H,4,17-20H2,1-3H3. The molecule has 0 saturated carbocycles. The van der Waals surface area contributed by atoms with Crippen molar-refractivity contribution in [1.29, 1.82) is 0 Å². The molecule has 0 N–H and O–H groups in total. The Morgan fingerprint density at radius 3 is 2.36 bits per heavy atom. The van der Waals surface area contributed by atoms with E-state index in [4.69, 9.17) is 9.72 Å². The number of hydrogen-bond donors (Lipinski definition) is 0. The van der Waals surface area contributed by atoms with E-state index in [-0.39, 0.29) is 10.8 Å². The van der Waals surface area contributed by atoms with E-state index in [1.165, 1.54) is 11.3 Å². The highest BCUT2D eigenvalue weighted by molar-refractivity contribution is 7.89. The second-order valence-corrected chi connectivity index (χ2v) is 13.1. The predicted molar refractivity (Wildman–Crippen MR) is 156 cm³/mol. The summed E-state index contributed by atoms with van der Waals surface area (Å²) in [6.07, 6.45) is 1.02. The van der Waals surface area contributed by atoms with Crippen LogP contribution in [0.2, 0.25) is 0 Å². The van der Waals surface area contributed by atoms with Gasteiger partial charge in [-0.1, -0.05) is 61.6 Å². The quantitative estimate of drug-likeness (QED) is 0.255. The first kappa shape index (κ1) is 27.3. The number of carbonyl (C=O) groups excluding carboxylic acids is 1. The van der Waals surface area contributed by atoms with E-state index in [9.17, 15) is 13.2 Å². The molecule has 2 atom stereocenters. The molecule has 0 spiro atoms. The van der Waals surface area contributed by atoms with Crippen molar-refractivity contribution in [3.05, 3.63) is 83.9 Å². The summed E-state index contributed by atoms with van der Waals surface area (Å²) in [5.41, 5.74) is 2.08. The fourth-order valence-corrected chi connectivity index (χ4v) is 7.83. The van der Waals surface area contributed by atoms with E-state index >= 15 is 0 Å². The van der Waals surface area contributed by atoms with Crippen LogP contribution in [-0.2, 0) is 16.6 Å². The molecule has 7 nitrogen and oxygen atoms in total. The minimum atomic E-state index is -3.63. The van der Waals surface area contributed by atoms with Gasteiger partial charge in [0.15, 0.2) is 5.13 Å². The summed E-state index contributed by atoms with van der Waals surface area (Å²) in [6, 6.07) is 21.8. The van der Waals surface area contributed by atoms with E-state index in [2.05, 4.69) is 13.8 Å². The number of thiazole rings is 1. The number of benzene rings is 3. The second-order valence-electron chi connectivity index (χ2n) is 10.2. The summed E-state index contributed by atoms with van der Waals surface area (Å²) in [5.74, 6) is 1.06. The number of para-hydroxylation sites is 1. The van der Waals surface area contributed by atoms with Crippen LogP contribution in [0.15, 0.2) is 77.7 Å². The first-order chi connectivity index (χ1) is 18.8. The number of rotatable bonds is 8. The molecule has 5 rings (SSSR count). The molecule has 9 heteroatoms. The molecule has 3 aromatic carbocycles. The minimum Gasteiger partial charge on any atom is -0.492 e. The van der Waals surface area contributed by atoms with Gasteiger partial charge in [-0.3, -0.25) is 9.69 Å². The molecule has 204 valence electrons. The summed E-state index contributed by atoms with van der Waals surface area (Å²) >= 11 is 1.43. The van der Waals surface area contributed by atoms with E-state index in [0.717, 1.165) is 22.2 Å². The fourth-order valence-electron chi connectivity index (χ4n) is 5.17. The van der Waals surface area contributed by atoms with Crippen LogP contribution in [-0.4, -0.2) is 43.3 Å².